The van der Waals surface area contributed by atoms with Crippen LogP contribution in [0.25, 0.3) is 0 Å². The van der Waals surface area contributed by atoms with Gasteiger partial charge in [-0.15, -0.1) is 0 Å². The summed E-state index contributed by atoms with van der Waals surface area (Å²) in [6.07, 6.45) is 0.202. The van der Waals surface area contributed by atoms with Crippen LogP contribution in [-0.2, 0) is 9.59 Å². The van der Waals surface area contributed by atoms with Crippen molar-refractivity contribution in [2.75, 3.05) is 0 Å². The van der Waals surface area contributed by atoms with Gasteiger partial charge in [-0.25, -0.2) is 0 Å². The minimum Gasteiger partial charge on any atom is -0.392 e. The molecule has 0 aromatic carbocycles. The second-order valence-electron chi connectivity index (χ2n) is 5.73. The van der Waals surface area contributed by atoms with Crippen molar-refractivity contribution >= 4 is 11.7 Å². The van der Waals surface area contributed by atoms with Crippen LogP contribution in [0.1, 0.15) is 48.0 Å². The van der Waals surface area contributed by atoms with Gasteiger partial charge in [0, 0.05) is 0 Å². The number of nitrogens with one attached hydrogen (secondary N) is 1. The molecule has 0 heterocycles. The number of ketones is 1. The van der Waals surface area contributed by atoms with Crippen LogP contribution in [0.2, 0.25) is 0 Å². The van der Waals surface area contributed by atoms with Gasteiger partial charge in [0.1, 0.15) is 0 Å². The van der Waals surface area contributed by atoms with Gasteiger partial charge in [0.15, 0.2) is 5.78 Å². The molecule has 0 saturated heterocycles. The topological polar surface area (TPSA) is 66.4 Å². The third-order valence-electron chi connectivity index (χ3n) is 3.32. The highest BCUT2D eigenvalue weighted by Crippen LogP contribution is 2.20. The molecular formula is C14H27NO3. The Morgan fingerprint density at radius 3 is 2.00 bits per heavy atom. The Hall–Kier alpha value is -0.900. The molecule has 0 bridgehead atoms. The molecule has 0 aromatic heterocycles. The second-order valence-corrected chi connectivity index (χ2v) is 5.73. The van der Waals surface area contributed by atoms with E-state index in [1.54, 1.807) is 13.8 Å². The number of hydrogen-bond donors (Lipinski definition) is 2. The molecule has 0 fully saturated rings. The van der Waals surface area contributed by atoms with Gasteiger partial charge in [0.2, 0.25) is 5.91 Å². The maximum atomic E-state index is 11.9. The Morgan fingerprint density at radius 2 is 1.61 bits per heavy atom. The monoisotopic (exact) mass is 257 g/mol. The van der Waals surface area contributed by atoms with E-state index in [0.29, 0.717) is 5.92 Å². The molecule has 0 aliphatic heterocycles. The highest BCUT2D eigenvalue weighted by atomic mass is 16.3. The zero-order valence-electron chi connectivity index (χ0n) is 12.4. The van der Waals surface area contributed by atoms with Crippen molar-refractivity contribution in [3.63, 3.8) is 0 Å². The molecule has 0 aliphatic carbocycles. The SMILES string of the molecule is CC(=O)[C@@H](C)NC(=O)[C@H](C)[C@H](O)[C@@H](C)CC(C)C. The predicted octanol–water partition coefficient (Wildman–Crippen LogP) is 1.76. The van der Waals surface area contributed by atoms with E-state index in [1.165, 1.54) is 6.92 Å². The quantitative estimate of drug-likeness (QED) is 0.730. The Labute approximate surface area is 110 Å². The van der Waals surface area contributed by atoms with Crippen LogP contribution in [-0.4, -0.2) is 28.9 Å². The molecule has 4 heteroatoms. The summed E-state index contributed by atoms with van der Waals surface area (Å²) in [6.45, 7) is 10.9. The van der Waals surface area contributed by atoms with Crippen molar-refractivity contribution in [1.29, 1.82) is 0 Å². The second kappa shape index (κ2) is 7.52. The smallest absolute Gasteiger partial charge is 0.226 e. The summed E-state index contributed by atoms with van der Waals surface area (Å²) >= 11 is 0. The minimum atomic E-state index is -0.674. The van der Waals surface area contributed by atoms with E-state index >= 15 is 0 Å². The summed E-state index contributed by atoms with van der Waals surface area (Å²) < 4.78 is 0. The van der Waals surface area contributed by atoms with Gasteiger partial charge in [-0.3, -0.25) is 9.59 Å². The Bertz CT molecular complexity index is 289. The number of carbonyl (C=O) groups excluding carboxylic acids is 2. The average molecular weight is 257 g/mol. The Kier molecular flexibility index (Phi) is 7.14. The maximum Gasteiger partial charge on any atom is 0.226 e. The first-order valence-corrected chi connectivity index (χ1v) is 6.65. The first kappa shape index (κ1) is 17.1. The van der Waals surface area contributed by atoms with Gasteiger partial charge in [0.25, 0.3) is 0 Å². The number of amides is 1. The molecule has 4 atom stereocenters. The van der Waals surface area contributed by atoms with Crippen LogP contribution >= 0.6 is 0 Å². The van der Waals surface area contributed by atoms with Gasteiger partial charge >= 0.3 is 0 Å². The molecule has 0 saturated carbocycles. The molecule has 2 N–H and O–H groups in total. The number of carbonyl (C=O) groups is 2. The van der Waals surface area contributed by atoms with E-state index in [9.17, 15) is 14.7 Å². The molecule has 1 amide bonds. The highest BCUT2D eigenvalue weighted by molar-refractivity contribution is 5.88. The molecule has 0 radical (unpaired) electrons. The largest absolute Gasteiger partial charge is 0.392 e. The fourth-order valence-electron chi connectivity index (χ4n) is 1.98. The van der Waals surface area contributed by atoms with E-state index in [4.69, 9.17) is 0 Å². The summed E-state index contributed by atoms with van der Waals surface area (Å²) in [4.78, 5) is 22.9. The van der Waals surface area contributed by atoms with E-state index in [2.05, 4.69) is 19.2 Å². The molecule has 4 nitrogen and oxygen atoms in total. The summed E-state index contributed by atoms with van der Waals surface area (Å²) in [5.41, 5.74) is 0. The zero-order chi connectivity index (χ0) is 14.5. The lowest BCUT2D eigenvalue weighted by molar-refractivity contribution is -0.132. The first-order valence-electron chi connectivity index (χ1n) is 6.65. The maximum absolute atomic E-state index is 11.9. The van der Waals surface area contributed by atoms with Gasteiger partial charge in [-0.05, 0) is 32.1 Å². The predicted molar refractivity (Wildman–Crippen MR) is 72.1 cm³/mol. The van der Waals surface area contributed by atoms with Crippen molar-refractivity contribution in [2.45, 2.75) is 60.1 Å². The van der Waals surface area contributed by atoms with Crippen LogP contribution < -0.4 is 5.32 Å². The average Bonchev–Trinajstić information content (AvgIpc) is 2.25. The Balaban J connectivity index is 4.40. The van der Waals surface area contributed by atoms with Gasteiger partial charge in [-0.2, -0.15) is 0 Å². The van der Waals surface area contributed by atoms with Crippen LogP contribution in [0, 0.1) is 17.8 Å². The molecule has 0 rings (SSSR count). The lowest BCUT2D eigenvalue weighted by Crippen LogP contribution is -2.44. The number of rotatable bonds is 7. The molecule has 18 heavy (non-hydrogen) atoms. The van der Waals surface area contributed by atoms with Crippen LogP contribution in [0.15, 0.2) is 0 Å². The fraction of sp³-hybridized carbons (Fsp3) is 0.857. The lowest BCUT2D eigenvalue weighted by Gasteiger charge is -2.26. The molecule has 0 aromatic rings. The van der Waals surface area contributed by atoms with Gasteiger partial charge in [0.05, 0.1) is 18.1 Å². The van der Waals surface area contributed by atoms with Gasteiger partial charge < -0.3 is 10.4 Å². The molecule has 106 valence electrons. The number of hydrogen-bond acceptors (Lipinski definition) is 3. The van der Waals surface area contributed by atoms with Crippen LogP contribution in [0.4, 0.5) is 0 Å². The summed E-state index contributed by atoms with van der Waals surface area (Å²) in [5.74, 6) is -0.291. The standard InChI is InChI=1S/C14H27NO3/c1-8(2)7-9(3)13(17)10(4)14(18)15-11(5)12(6)16/h8-11,13,17H,7H2,1-6H3,(H,15,18)/t9-,10+,11+,13+/m0/s1. The van der Waals surface area contributed by atoms with Crippen molar-refractivity contribution in [2.24, 2.45) is 17.8 Å². The molecule has 0 aliphatic rings. The first-order chi connectivity index (χ1) is 8.16. The number of aliphatic hydroxyl groups excluding tert-OH is 1. The van der Waals surface area contributed by atoms with E-state index in [0.717, 1.165) is 6.42 Å². The summed E-state index contributed by atoms with van der Waals surface area (Å²) in [5, 5.41) is 12.7. The van der Waals surface area contributed by atoms with Crippen molar-refractivity contribution in [3.05, 3.63) is 0 Å². The third kappa shape index (κ3) is 5.63. The summed E-state index contributed by atoms with van der Waals surface area (Å²) in [7, 11) is 0. The summed E-state index contributed by atoms with van der Waals surface area (Å²) in [6, 6.07) is -0.493. The highest BCUT2D eigenvalue weighted by Gasteiger charge is 2.28. The van der Waals surface area contributed by atoms with Crippen molar-refractivity contribution in [1.82, 2.24) is 5.32 Å². The van der Waals surface area contributed by atoms with Gasteiger partial charge in [-0.1, -0.05) is 27.7 Å². The van der Waals surface area contributed by atoms with E-state index in [-0.39, 0.29) is 17.6 Å². The fourth-order valence-corrected chi connectivity index (χ4v) is 1.98. The lowest BCUT2D eigenvalue weighted by atomic mass is 9.87. The van der Waals surface area contributed by atoms with Crippen LogP contribution in [0.5, 0.6) is 0 Å². The number of aliphatic hydroxyl groups is 1. The van der Waals surface area contributed by atoms with Crippen molar-refractivity contribution in [3.8, 4) is 0 Å². The van der Waals surface area contributed by atoms with Crippen molar-refractivity contribution < 1.29 is 14.7 Å². The van der Waals surface area contributed by atoms with E-state index in [1.807, 2.05) is 6.92 Å². The van der Waals surface area contributed by atoms with Crippen LogP contribution in [0.3, 0.4) is 0 Å². The molecular weight excluding hydrogens is 230 g/mol. The normalized spacial score (nSPS) is 18.0. The van der Waals surface area contributed by atoms with E-state index < -0.39 is 18.1 Å². The molecule has 0 unspecified atom stereocenters. The molecule has 0 spiro atoms. The minimum absolute atomic E-state index is 0.0679. The zero-order valence-corrected chi connectivity index (χ0v) is 12.4. The number of Topliss-reactive ketones (excluding diaryl/α,β-unsaturated/α-hetero) is 1. The third-order valence-corrected chi connectivity index (χ3v) is 3.32. The Morgan fingerprint density at radius 1 is 1.11 bits per heavy atom.